The maximum Gasteiger partial charge on any atom is 0.241 e. The van der Waals surface area contributed by atoms with Crippen molar-refractivity contribution in [2.24, 2.45) is 0 Å². The predicted molar refractivity (Wildman–Crippen MR) is 99.4 cm³/mol. The Morgan fingerprint density at radius 2 is 1.84 bits per heavy atom. The Bertz CT molecular complexity index is 849. The molecular formula is C19H22ClNO3S. The van der Waals surface area contributed by atoms with Gasteiger partial charge in [-0.1, -0.05) is 47.5 Å². The van der Waals surface area contributed by atoms with Gasteiger partial charge in [0.05, 0.1) is 17.0 Å². The number of rotatable bonds is 4. The van der Waals surface area contributed by atoms with Gasteiger partial charge in [-0.05, 0) is 49.9 Å². The van der Waals surface area contributed by atoms with Crippen LogP contribution in [0.2, 0.25) is 5.02 Å². The quantitative estimate of drug-likeness (QED) is 0.867. The minimum absolute atomic E-state index is 0.216. The first-order chi connectivity index (χ1) is 11.9. The Balaban J connectivity index is 1.88. The number of hydrogen-bond acceptors (Lipinski definition) is 3. The maximum atomic E-state index is 12.9. The van der Waals surface area contributed by atoms with Gasteiger partial charge in [0.1, 0.15) is 0 Å². The van der Waals surface area contributed by atoms with E-state index < -0.39 is 10.0 Å². The van der Waals surface area contributed by atoms with E-state index in [4.69, 9.17) is 16.3 Å². The van der Waals surface area contributed by atoms with Crippen LogP contribution in [0.25, 0.3) is 0 Å². The first-order valence-electron chi connectivity index (χ1n) is 8.33. The van der Waals surface area contributed by atoms with Crippen LogP contribution in [0.15, 0.2) is 47.4 Å². The normalized spacial score (nSPS) is 21.2. The molecule has 1 fully saturated rings. The zero-order valence-electron chi connectivity index (χ0n) is 14.3. The Morgan fingerprint density at radius 3 is 2.56 bits per heavy atom. The SMILES string of the molecule is Cc1ccc([C@@H]2OCCC[C@H]2NS(=O)(=O)c2cc(Cl)ccc2C)cc1. The first-order valence-corrected chi connectivity index (χ1v) is 10.2. The van der Waals surface area contributed by atoms with Crippen LogP contribution in [-0.2, 0) is 14.8 Å². The van der Waals surface area contributed by atoms with Gasteiger partial charge in [-0.2, -0.15) is 0 Å². The molecule has 0 radical (unpaired) electrons. The number of hydrogen-bond donors (Lipinski definition) is 1. The first kappa shape index (κ1) is 18.4. The Labute approximate surface area is 154 Å². The van der Waals surface area contributed by atoms with Gasteiger partial charge in [0.15, 0.2) is 0 Å². The molecule has 134 valence electrons. The highest BCUT2D eigenvalue weighted by Crippen LogP contribution is 2.30. The van der Waals surface area contributed by atoms with Crippen molar-refractivity contribution in [3.8, 4) is 0 Å². The lowest BCUT2D eigenvalue weighted by atomic mass is 9.96. The van der Waals surface area contributed by atoms with Crippen molar-refractivity contribution in [3.63, 3.8) is 0 Å². The molecule has 2 aromatic rings. The molecule has 2 aromatic carbocycles. The number of sulfonamides is 1. The van der Waals surface area contributed by atoms with Crippen molar-refractivity contribution in [2.45, 2.75) is 43.7 Å². The maximum absolute atomic E-state index is 12.9. The molecule has 0 spiro atoms. The van der Waals surface area contributed by atoms with Gasteiger partial charge in [-0.15, -0.1) is 0 Å². The van der Waals surface area contributed by atoms with Crippen molar-refractivity contribution in [1.29, 1.82) is 0 Å². The Morgan fingerprint density at radius 1 is 1.12 bits per heavy atom. The van der Waals surface area contributed by atoms with Gasteiger partial charge in [0.25, 0.3) is 0 Å². The molecular weight excluding hydrogens is 358 g/mol. The second-order valence-corrected chi connectivity index (χ2v) is 8.60. The average molecular weight is 380 g/mol. The molecule has 1 N–H and O–H groups in total. The molecule has 1 aliphatic heterocycles. The average Bonchev–Trinajstić information content (AvgIpc) is 2.58. The summed E-state index contributed by atoms with van der Waals surface area (Å²) >= 11 is 5.99. The van der Waals surface area contributed by atoms with E-state index in [-0.39, 0.29) is 17.0 Å². The second-order valence-electron chi connectivity index (χ2n) is 6.48. The van der Waals surface area contributed by atoms with E-state index in [2.05, 4.69) is 4.72 Å². The third-order valence-corrected chi connectivity index (χ3v) is 6.34. The monoisotopic (exact) mass is 379 g/mol. The highest BCUT2D eigenvalue weighted by Gasteiger charge is 2.32. The minimum atomic E-state index is -3.68. The van der Waals surface area contributed by atoms with Crippen LogP contribution in [0.5, 0.6) is 0 Å². The van der Waals surface area contributed by atoms with Crippen molar-refractivity contribution in [3.05, 3.63) is 64.2 Å². The lowest BCUT2D eigenvalue weighted by Crippen LogP contribution is -2.42. The van der Waals surface area contributed by atoms with Gasteiger partial charge in [0.2, 0.25) is 10.0 Å². The van der Waals surface area contributed by atoms with Crippen LogP contribution in [0.3, 0.4) is 0 Å². The van der Waals surface area contributed by atoms with Gasteiger partial charge in [0, 0.05) is 11.6 Å². The molecule has 0 unspecified atom stereocenters. The van der Waals surface area contributed by atoms with Crippen molar-refractivity contribution in [2.75, 3.05) is 6.61 Å². The van der Waals surface area contributed by atoms with Crippen LogP contribution >= 0.6 is 11.6 Å². The fourth-order valence-electron chi connectivity index (χ4n) is 3.11. The predicted octanol–water partition coefficient (Wildman–Crippen LogP) is 4.16. The molecule has 1 saturated heterocycles. The zero-order chi connectivity index (χ0) is 18.0. The molecule has 0 aliphatic carbocycles. The summed E-state index contributed by atoms with van der Waals surface area (Å²) in [6, 6.07) is 12.6. The lowest BCUT2D eigenvalue weighted by molar-refractivity contribution is -0.00443. The number of nitrogens with one attached hydrogen (secondary N) is 1. The minimum Gasteiger partial charge on any atom is -0.372 e. The summed E-state index contributed by atoms with van der Waals surface area (Å²) in [6.07, 6.45) is 1.27. The lowest BCUT2D eigenvalue weighted by Gasteiger charge is -2.32. The van der Waals surface area contributed by atoms with E-state index >= 15 is 0 Å². The second kappa shape index (κ2) is 7.46. The Hall–Kier alpha value is -1.40. The Kier molecular flexibility index (Phi) is 5.49. The summed E-state index contributed by atoms with van der Waals surface area (Å²) in [5.74, 6) is 0. The number of halogens is 1. The van der Waals surface area contributed by atoms with Gasteiger partial charge in [-0.3, -0.25) is 0 Å². The molecule has 4 nitrogen and oxygen atoms in total. The van der Waals surface area contributed by atoms with E-state index in [1.165, 1.54) is 6.07 Å². The van der Waals surface area contributed by atoms with E-state index in [0.717, 1.165) is 24.0 Å². The third-order valence-electron chi connectivity index (χ3n) is 4.47. The summed E-state index contributed by atoms with van der Waals surface area (Å²) in [6.45, 7) is 4.42. The molecule has 0 bridgehead atoms. The summed E-state index contributed by atoms with van der Waals surface area (Å²) in [5, 5.41) is 0.404. The largest absolute Gasteiger partial charge is 0.372 e. The van der Waals surface area contributed by atoms with E-state index in [1.807, 2.05) is 31.2 Å². The fourth-order valence-corrected chi connectivity index (χ4v) is 4.89. The zero-order valence-corrected chi connectivity index (χ0v) is 15.9. The topological polar surface area (TPSA) is 55.4 Å². The molecule has 3 rings (SSSR count). The fraction of sp³-hybridized carbons (Fsp3) is 0.368. The molecule has 2 atom stereocenters. The third kappa shape index (κ3) is 4.23. The standard InChI is InChI=1S/C19H22ClNO3S/c1-13-5-8-15(9-6-13)19-17(4-3-11-24-19)21-25(22,23)18-12-16(20)10-7-14(18)2/h5-10,12,17,19,21H,3-4,11H2,1-2H3/t17-,19+/m1/s1. The molecule has 6 heteroatoms. The van der Waals surface area contributed by atoms with Crippen LogP contribution in [0.4, 0.5) is 0 Å². The van der Waals surface area contributed by atoms with Crippen LogP contribution < -0.4 is 4.72 Å². The number of benzene rings is 2. The summed E-state index contributed by atoms with van der Waals surface area (Å²) in [4.78, 5) is 0.216. The van der Waals surface area contributed by atoms with E-state index in [0.29, 0.717) is 17.2 Å². The summed E-state index contributed by atoms with van der Waals surface area (Å²) in [7, 11) is -3.68. The highest BCUT2D eigenvalue weighted by molar-refractivity contribution is 7.89. The van der Waals surface area contributed by atoms with E-state index in [9.17, 15) is 8.42 Å². The number of aryl methyl sites for hydroxylation is 2. The van der Waals surface area contributed by atoms with Gasteiger partial charge < -0.3 is 4.74 Å². The number of ether oxygens (including phenoxy) is 1. The van der Waals surface area contributed by atoms with Crippen LogP contribution in [0, 0.1) is 13.8 Å². The van der Waals surface area contributed by atoms with Gasteiger partial charge >= 0.3 is 0 Å². The van der Waals surface area contributed by atoms with Crippen molar-refractivity contribution < 1.29 is 13.2 Å². The molecule has 0 saturated carbocycles. The summed E-state index contributed by atoms with van der Waals surface area (Å²) in [5.41, 5.74) is 2.81. The van der Waals surface area contributed by atoms with E-state index in [1.54, 1.807) is 19.1 Å². The van der Waals surface area contributed by atoms with Crippen LogP contribution in [0.1, 0.15) is 35.6 Å². The van der Waals surface area contributed by atoms with Crippen molar-refractivity contribution in [1.82, 2.24) is 4.72 Å². The highest BCUT2D eigenvalue weighted by atomic mass is 35.5. The van der Waals surface area contributed by atoms with Crippen LogP contribution in [-0.4, -0.2) is 21.1 Å². The summed E-state index contributed by atoms with van der Waals surface area (Å²) < 4.78 is 34.5. The van der Waals surface area contributed by atoms with Gasteiger partial charge in [-0.25, -0.2) is 13.1 Å². The molecule has 0 amide bonds. The molecule has 1 aliphatic rings. The molecule has 1 heterocycles. The molecule has 0 aromatic heterocycles. The van der Waals surface area contributed by atoms with Crippen molar-refractivity contribution >= 4 is 21.6 Å². The smallest absolute Gasteiger partial charge is 0.241 e. The molecule has 25 heavy (non-hydrogen) atoms.